The zero-order valence-electron chi connectivity index (χ0n) is 22.1. The number of nitrogens with zero attached hydrogens (tertiary/aromatic N) is 5. The molecule has 2 atom stereocenters. The van der Waals surface area contributed by atoms with Crippen molar-refractivity contribution >= 4 is 50.3 Å². The lowest BCUT2D eigenvalue weighted by molar-refractivity contribution is 0.00527. The molecule has 4 fully saturated rings. The summed E-state index contributed by atoms with van der Waals surface area (Å²) in [6.07, 6.45) is 5.09. The molecular weight excluding hydrogens is 577 g/mol. The first-order valence-corrected chi connectivity index (χ1v) is 14.6. The molecule has 1 aromatic heterocycles. The van der Waals surface area contributed by atoms with E-state index in [4.69, 9.17) is 21.3 Å². The SMILES string of the molecule is CC(C)(C)C12CCC(CN(c3nc(OCC45CCCN4CCC5)nc4c(F)c(Br)c(Cl)cc34)C1)N2C(=O)O. The molecule has 2 unspecified atom stereocenters. The molecule has 5 heterocycles. The van der Waals surface area contributed by atoms with Crippen LogP contribution in [0.5, 0.6) is 6.01 Å². The lowest BCUT2D eigenvalue weighted by Crippen LogP contribution is -2.68. The Balaban J connectivity index is 1.43. The fourth-order valence-corrected chi connectivity index (χ4v) is 8.04. The van der Waals surface area contributed by atoms with Gasteiger partial charge in [-0.15, -0.1) is 0 Å². The number of carboxylic acid groups (broad SMARTS) is 1. The van der Waals surface area contributed by atoms with Crippen molar-refractivity contribution in [2.24, 2.45) is 5.41 Å². The van der Waals surface area contributed by atoms with Gasteiger partial charge in [-0.05, 0) is 79.0 Å². The molecule has 1 N–H and O–H groups in total. The Hall–Kier alpha value is -1.91. The van der Waals surface area contributed by atoms with Crippen LogP contribution in [0.4, 0.5) is 15.0 Å². The molecule has 2 aromatic rings. The van der Waals surface area contributed by atoms with Crippen molar-refractivity contribution < 1.29 is 19.0 Å². The molecule has 4 aliphatic rings. The minimum Gasteiger partial charge on any atom is -0.465 e. The van der Waals surface area contributed by atoms with Gasteiger partial charge < -0.3 is 14.7 Å². The standard InChI is InChI=1S/C27H34BrClFN5O3/c1-25(2,3)27-9-6-16(35(27)24(36)37)13-33(14-27)22-17-12-18(29)19(28)20(30)21(17)31-23(32-22)38-15-26-7-4-10-34(26)11-5-8-26/h12,16H,4-11,13-15H2,1-3H3,(H,36,37). The summed E-state index contributed by atoms with van der Waals surface area (Å²) in [7, 11) is 0. The zero-order valence-corrected chi connectivity index (χ0v) is 24.4. The average molecular weight is 611 g/mol. The topological polar surface area (TPSA) is 82.0 Å². The fourth-order valence-electron chi connectivity index (χ4n) is 7.54. The molecule has 1 amide bonds. The molecule has 2 bridgehead atoms. The van der Waals surface area contributed by atoms with Gasteiger partial charge in [0, 0.05) is 18.5 Å². The smallest absolute Gasteiger partial charge is 0.408 e. The van der Waals surface area contributed by atoms with Gasteiger partial charge in [-0.2, -0.15) is 9.97 Å². The van der Waals surface area contributed by atoms with Crippen LogP contribution in [0.3, 0.4) is 0 Å². The number of piperazine rings is 1. The summed E-state index contributed by atoms with van der Waals surface area (Å²) in [5, 5.41) is 10.9. The zero-order chi connectivity index (χ0) is 27.0. The van der Waals surface area contributed by atoms with E-state index in [9.17, 15) is 9.90 Å². The molecule has 0 saturated carbocycles. The van der Waals surface area contributed by atoms with Gasteiger partial charge in [-0.25, -0.2) is 9.18 Å². The molecule has 0 radical (unpaired) electrons. The molecule has 0 spiro atoms. The maximum Gasteiger partial charge on any atom is 0.408 e. The van der Waals surface area contributed by atoms with Crippen LogP contribution in [0.1, 0.15) is 59.3 Å². The minimum absolute atomic E-state index is 0.000118. The fraction of sp³-hybridized carbons (Fsp3) is 0.667. The number of hydrogen-bond acceptors (Lipinski definition) is 6. The largest absolute Gasteiger partial charge is 0.465 e. The number of rotatable bonds is 4. The van der Waals surface area contributed by atoms with Crippen LogP contribution in [0.15, 0.2) is 10.5 Å². The van der Waals surface area contributed by atoms with Crippen LogP contribution >= 0.6 is 27.5 Å². The number of ether oxygens (including phenoxy) is 1. The monoisotopic (exact) mass is 609 g/mol. The van der Waals surface area contributed by atoms with Crippen LogP contribution < -0.4 is 9.64 Å². The molecule has 1 aromatic carbocycles. The van der Waals surface area contributed by atoms with Gasteiger partial charge in [-0.1, -0.05) is 32.4 Å². The predicted molar refractivity (Wildman–Crippen MR) is 148 cm³/mol. The summed E-state index contributed by atoms with van der Waals surface area (Å²) in [5.41, 5.74) is -0.780. The van der Waals surface area contributed by atoms with Crippen LogP contribution in [0.2, 0.25) is 5.02 Å². The summed E-state index contributed by atoms with van der Waals surface area (Å²) in [4.78, 5) is 28.0. The van der Waals surface area contributed by atoms with Crippen molar-refractivity contribution in [2.75, 3.05) is 37.7 Å². The Labute approximate surface area is 235 Å². The second-order valence-corrected chi connectivity index (χ2v) is 13.6. The Morgan fingerprint density at radius 2 is 1.97 bits per heavy atom. The highest BCUT2D eigenvalue weighted by Crippen LogP contribution is 2.51. The molecule has 4 aliphatic heterocycles. The summed E-state index contributed by atoms with van der Waals surface area (Å²) < 4.78 is 22.0. The predicted octanol–water partition coefficient (Wildman–Crippen LogP) is 5.94. The lowest BCUT2D eigenvalue weighted by atomic mass is 9.71. The van der Waals surface area contributed by atoms with E-state index >= 15 is 4.39 Å². The van der Waals surface area contributed by atoms with E-state index < -0.39 is 17.4 Å². The van der Waals surface area contributed by atoms with Crippen molar-refractivity contribution in [2.45, 2.75) is 76.4 Å². The highest BCUT2D eigenvalue weighted by molar-refractivity contribution is 9.10. The second kappa shape index (κ2) is 9.06. The van der Waals surface area contributed by atoms with Crippen LogP contribution in [0, 0.1) is 11.2 Å². The van der Waals surface area contributed by atoms with Crippen molar-refractivity contribution in [1.82, 2.24) is 19.8 Å². The van der Waals surface area contributed by atoms with Crippen LogP contribution in [0.25, 0.3) is 10.9 Å². The number of aromatic nitrogens is 2. The Morgan fingerprint density at radius 3 is 2.63 bits per heavy atom. The van der Waals surface area contributed by atoms with Gasteiger partial charge in [0.05, 0.1) is 26.6 Å². The third-order valence-corrected chi connectivity index (χ3v) is 10.9. The quantitative estimate of drug-likeness (QED) is 0.429. The third kappa shape index (κ3) is 3.88. The molecular formula is C27H34BrClFN5O3. The summed E-state index contributed by atoms with van der Waals surface area (Å²) >= 11 is 9.66. The van der Waals surface area contributed by atoms with Crippen molar-refractivity contribution in [3.05, 3.63) is 21.4 Å². The van der Waals surface area contributed by atoms with Crippen molar-refractivity contribution in [1.29, 1.82) is 0 Å². The number of anilines is 1. The summed E-state index contributed by atoms with van der Waals surface area (Å²) in [6, 6.07) is 1.65. The molecule has 11 heteroatoms. The van der Waals surface area contributed by atoms with Crippen LogP contribution in [-0.2, 0) is 0 Å². The van der Waals surface area contributed by atoms with Crippen LogP contribution in [-0.4, -0.2) is 80.9 Å². The summed E-state index contributed by atoms with van der Waals surface area (Å²) in [6.45, 7) is 9.79. The number of hydrogen-bond donors (Lipinski definition) is 1. The molecule has 0 aliphatic carbocycles. The van der Waals surface area contributed by atoms with Gasteiger partial charge >= 0.3 is 12.1 Å². The van der Waals surface area contributed by atoms with E-state index in [2.05, 4.69) is 51.5 Å². The maximum atomic E-state index is 15.5. The number of amides is 1. The first kappa shape index (κ1) is 26.3. The van der Waals surface area contributed by atoms with Crippen molar-refractivity contribution in [3.8, 4) is 6.01 Å². The van der Waals surface area contributed by atoms with Crippen molar-refractivity contribution in [3.63, 3.8) is 0 Å². The van der Waals surface area contributed by atoms with E-state index in [-0.39, 0.29) is 38.0 Å². The second-order valence-electron chi connectivity index (χ2n) is 12.4. The highest BCUT2D eigenvalue weighted by atomic mass is 79.9. The molecule has 38 heavy (non-hydrogen) atoms. The van der Waals surface area contributed by atoms with E-state index in [0.717, 1.165) is 51.6 Å². The Bertz CT molecular complexity index is 1300. The minimum atomic E-state index is -0.895. The van der Waals surface area contributed by atoms with E-state index in [1.54, 1.807) is 11.0 Å². The molecule has 8 nitrogen and oxygen atoms in total. The van der Waals surface area contributed by atoms with Gasteiger partial charge in [0.1, 0.15) is 17.9 Å². The maximum absolute atomic E-state index is 15.5. The normalized spacial score (nSPS) is 26.8. The van der Waals surface area contributed by atoms with E-state index in [0.29, 0.717) is 30.9 Å². The molecule has 6 rings (SSSR count). The van der Waals surface area contributed by atoms with E-state index in [1.807, 2.05) is 0 Å². The van der Waals surface area contributed by atoms with Gasteiger partial charge in [0.25, 0.3) is 0 Å². The molecule has 4 saturated heterocycles. The highest BCUT2D eigenvalue weighted by Gasteiger charge is 2.59. The first-order chi connectivity index (χ1) is 18.0. The number of fused-ring (bicyclic) bond motifs is 4. The van der Waals surface area contributed by atoms with Gasteiger partial charge in [-0.3, -0.25) is 9.80 Å². The number of halogens is 3. The first-order valence-electron chi connectivity index (χ1n) is 13.5. The van der Waals surface area contributed by atoms with Gasteiger partial charge in [0.15, 0.2) is 5.82 Å². The number of benzene rings is 1. The Kier molecular flexibility index (Phi) is 6.28. The lowest BCUT2D eigenvalue weighted by Gasteiger charge is -2.54. The van der Waals surface area contributed by atoms with Gasteiger partial charge in [0.2, 0.25) is 0 Å². The summed E-state index contributed by atoms with van der Waals surface area (Å²) in [5.74, 6) is -0.0173. The van der Waals surface area contributed by atoms with E-state index in [1.165, 1.54) is 0 Å². The Morgan fingerprint density at radius 1 is 1.26 bits per heavy atom. The average Bonchev–Trinajstić information content (AvgIpc) is 3.50. The molecule has 206 valence electrons. The number of carbonyl (C=O) groups is 1. The third-order valence-electron chi connectivity index (χ3n) is 9.57.